The average molecular weight is 289 g/mol. The molecule has 2 rings (SSSR count). The Morgan fingerprint density at radius 2 is 1.90 bits per heavy atom. The Bertz CT molecular complexity index is 508. The van der Waals surface area contributed by atoms with Crippen molar-refractivity contribution < 1.29 is 9.59 Å². The molecule has 0 spiro atoms. The Kier molecular flexibility index (Phi) is 5.33. The standard InChI is InChI=1S/C16H23N3O2/c1-12-7-9-19(10-8-12)11-15(20)18-16(21)17-14-6-4-3-5-13(14)2/h3-6,12H,7-11H2,1-2H3,(H2,17,18,20,21). The number of benzene rings is 1. The van der Waals surface area contributed by atoms with Crippen molar-refractivity contribution >= 4 is 17.6 Å². The minimum atomic E-state index is -0.473. The fourth-order valence-electron chi connectivity index (χ4n) is 2.46. The van der Waals surface area contributed by atoms with E-state index in [1.165, 1.54) is 0 Å². The van der Waals surface area contributed by atoms with E-state index in [0.29, 0.717) is 0 Å². The number of aryl methyl sites for hydroxylation is 1. The van der Waals surface area contributed by atoms with E-state index in [2.05, 4.69) is 22.5 Å². The zero-order valence-corrected chi connectivity index (χ0v) is 12.7. The van der Waals surface area contributed by atoms with E-state index >= 15 is 0 Å². The first-order valence-corrected chi connectivity index (χ1v) is 7.43. The minimum absolute atomic E-state index is 0.254. The fourth-order valence-corrected chi connectivity index (χ4v) is 2.46. The van der Waals surface area contributed by atoms with Crippen molar-refractivity contribution in [3.8, 4) is 0 Å². The molecule has 5 nitrogen and oxygen atoms in total. The number of imide groups is 1. The molecule has 1 aromatic carbocycles. The molecular weight excluding hydrogens is 266 g/mol. The van der Waals surface area contributed by atoms with Crippen LogP contribution in [0.1, 0.15) is 25.3 Å². The van der Waals surface area contributed by atoms with E-state index in [1.54, 1.807) is 0 Å². The molecule has 1 aliphatic rings. The predicted molar refractivity (Wildman–Crippen MR) is 83.2 cm³/mol. The van der Waals surface area contributed by atoms with Gasteiger partial charge >= 0.3 is 6.03 Å². The number of rotatable bonds is 3. The van der Waals surface area contributed by atoms with Crippen LogP contribution < -0.4 is 10.6 Å². The summed E-state index contributed by atoms with van der Waals surface area (Å²) in [7, 11) is 0. The first-order valence-electron chi connectivity index (χ1n) is 7.43. The summed E-state index contributed by atoms with van der Waals surface area (Å²) < 4.78 is 0. The van der Waals surface area contributed by atoms with Crippen molar-refractivity contribution in [1.82, 2.24) is 10.2 Å². The second-order valence-electron chi connectivity index (χ2n) is 5.78. The van der Waals surface area contributed by atoms with Gasteiger partial charge in [-0.25, -0.2) is 4.79 Å². The predicted octanol–water partition coefficient (Wildman–Crippen LogP) is 2.38. The SMILES string of the molecule is Cc1ccccc1NC(=O)NC(=O)CN1CCC(C)CC1. The number of urea groups is 1. The first-order chi connectivity index (χ1) is 10.0. The summed E-state index contributed by atoms with van der Waals surface area (Å²) in [6.07, 6.45) is 2.23. The van der Waals surface area contributed by atoms with E-state index in [4.69, 9.17) is 0 Å². The second kappa shape index (κ2) is 7.22. The number of piperidine rings is 1. The number of anilines is 1. The van der Waals surface area contributed by atoms with Crippen molar-refractivity contribution in [2.45, 2.75) is 26.7 Å². The summed E-state index contributed by atoms with van der Waals surface area (Å²) >= 11 is 0. The second-order valence-corrected chi connectivity index (χ2v) is 5.78. The van der Waals surface area contributed by atoms with Gasteiger partial charge in [0.25, 0.3) is 0 Å². The van der Waals surface area contributed by atoms with Crippen LogP contribution in [-0.2, 0) is 4.79 Å². The Morgan fingerprint density at radius 3 is 2.57 bits per heavy atom. The Labute approximate surface area is 125 Å². The molecule has 114 valence electrons. The first kappa shape index (κ1) is 15.5. The normalized spacial score (nSPS) is 16.5. The molecule has 0 atom stereocenters. The summed E-state index contributed by atoms with van der Waals surface area (Å²) in [5.41, 5.74) is 1.68. The molecule has 0 bridgehead atoms. The van der Waals surface area contributed by atoms with Crippen LogP contribution in [0, 0.1) is 12.8 Å². The maximum atomic E-state index is 11.9. The van der Waals surface area contributed by atoms with Crippen molar-refractivity contribution in [2.75, 3.05) is 25.0 Å². The van der Waals surface area contributed by atoms with Gasteiger partial charge < -0.3 is 5.32 Å². The lowest BCUT2D eigenvalue weighted by Gasteiger charge is -2.29. The highest BCUT2D eigenvalue weighted by molar-refractivity contribution is 6.02. The lowest BCUT2D eigenvalue weighted by Crippen LogP contribution is -2.44. The van der Waals surface area contributed by atoms with Gasteiger partial charge in [0.2, 0.25) is 5.91 Å². The van der Waals surface area contributed by atoms with Crippen LogP contribution in [0.5, 0.6) is 0 Å². The van der Waals surface area contributed by atoms with Gasteiger partial charge in [-0.3, -0.25) is 15.0 Å². The molecule has 1 fully saturated rings. The van der Waals surface area contributed by atoms with Crippen molar-refractivity contribution in [2.24, 2.45) is 5.92 Å². The number of carbonyl (C=O) groups is 2. The number of hydrogen-bond donors (Lipinski definition) is 2. The monoisotopic (exact) mass is 289 g/mol. The van der Waals surface area contributed by atoms with Crippen LogP contribution >= 0.6 is 0 Å². The highest BCUT2D eigenvalue weighted by atomic mass is 16.2. The van der Waals surface area contributed by atoms with Gasteiger partial charge in [0, 0.05) is 5.69 Å². The third kappa shape index (κ3) is 4.86. The van der Waals surface area contributed by atoms with Gasteiger partial charge in [-0.15, -0.1) is 0 Å². The van der Waals surface area contributed by atoms with E-state index in [1.807, 2.05) is 31.2 Å². The zero-order valence-electron chi connectivity index (χ0n) is 12.7. The quantitative estimate of drug-likeness (QED) is 0.898. The zero-order chi connectivity index (χ0) is 15.2. The van der Waals surface area contributed by atoms with Crippen LogP contribution in [-0.4, -0.2) is 36.5 Å². The summed E-state index contributed by atoms with van der Waals surface area (Å²) in [5, 5.41) is 5.08. The van der Waals surface area contributed by atoms with Crippen LogP contribution in [0.25, 0.3) is 0 Å². The molecule has 0 unspecified atom stereocenters. The number of nitrogens with zero attached hydrogens (tertiary/aromatic N) is 1. The molecule has 5 heteroatoms. The van der Waals surface area contributed by atoms with Gasteiger partial charge in [0.05, 0.1) is 6.54 Å². The van der Waals surface area contributed by atoms with Crippen LogP contribution in [0.15, 0.2) is 24.3 Å². The summed E-state index contributed by atoms with van der Waals surface area (Å²) in [6.45, 7) is 6.27. The highest BCUT2D eigenvalue weighted by Gasteiger charge is 2.18. The van der Waals surface area contributed by atoms with E-state index in [-0.39, 0.29) is 12.5 Å². The molecule has 21 heavy (non-hydrogen) atoms. The Balaban J connectivity index is 1.77. The number of nitrogens with one attached hydrogen (secondary N) is 2. The van der Waals surface area contributed by atoms with Gasteiger partial charge in [-0.1, -0.05) is 25.1 Å². The maximum absolute atomic E-state index is 11.9. The lowest BCUT2D eigenvalue weighted by atomic mass is 9.99. The molecule has 0 radical (unpaired) electrons. The highest BCUT2D eigenvalue weighted by Crippen LogP contribution is 2.15. The molecule has 1 aromatic rings. The number of carbonyl (C=O) groups excluding carboxylic acids is 2. The summed E-state index contributed by atoms with van der Waals surface area (Å²) in [4.78, 5) is 25.8. The topological polar surface area (TPSA) is 61.4 Å². The Hall–Kier alpha value is -1.88. The third-order valence-corrected chi connectivity index (χ3v) is 3.89. The molecule has 1 saturated heterocycles. The number of para-hydroxylation sites is 1. The molecule has 2 N–H and O–H groups in total. The van der Waals surface area contributed by atoms with Crippen molar-refractivity contribution in [3.63, 3.8) is 0 Å². The lowest BCUT2D eigenvalue weighted by molar-refractivity contribution is -0.121. The number of hydrogen-bond acceptors (Lipinski definition) is 3. The molecule has 1 aliphatic heterocycles. The Morgan fingerprint density at radius 1 is 1.24 bits per heavy atom. The van der Waals surface area contributed by atoms with Crippen LogP contribution in [0.3, 0.4) is 0 Å². The molecule has 1 heterocycles. The smallest absolute Gasteiger partial charge is 0.307 e. The van der Waals surface area contributed by atoms with Gasteiger partial charge in [-0.2, -0.15) is 0 Å². The van der Waals surface area contributed by atoms with Crippen molar-refractivity contribution in [1.29, 1.82) is 0 Å². The largest absolute Gasteiger partial charge is 0.325 e. The van der Waals surface area contributed by atoms with Gasteiger partial charge in [0.1, 0.15) is 0 Å². The molecule has 0 saturated carbocycles. The van der Waals surface area contributed by atoms with Gasteiger partial charge in [0.15, 0.2) is 0 Å². The minimum Gasteiger partial charge on any atom is -0.307 e. The summed E-state index contributed by atoms with van der Waals surface area (Å²) in [5.74, 6) is 0.476. The van der Waals surface area contributed by atoms with Crippen molar-refractivity contribution in [3.05, 3.63) is 29.8 Å². The number of amides is 3. The van der Waals surface area contributed by atoms with E-state index in [0.717, 1.165) is 43.1 Å². The maximum Gasteiger partial charge on any atom is 0.325 e. The molecule has 0 aromatic heterocycles. The number of likely N-dealkylation sites (tertiary alicyclic amines) is 1. The average Bonchev–Trinajstić information content (AvgIpc) is 2.44. The van der Waals surface area contributed by atoms with E-state index < -0.39 is 6.03 Å². The molecular formula is C16H23N3O2. The fraction of sp³-hybridized carbons (Fsp3) is 0.500. The molecule has 3 amide bonds. The van der Waals surface area contributed by atoms with Crippen LogP contribution in [0.4, 0.5) is 10.5 Å². The third-order valence-electron chi connectivity index (χ3n) is 3.89. The van der Waals surface area contributed by atoms with Gasteiger partial charge in [-0.05, 0) is 50.4 Å². The van der Waals surface area contributed by atoms with Crippen LogP contribution in [0.2, 0.25) is 0 Å². The van der Waals surface area contributed by atoms with E-state index in [9.17, 15) is 9.59 Å². The molecule has 0 aliphatic carbocycles. The summed E-state index contributed by atoms with van der Waals surface area (Å²) in [6, 6.07) is 7.00.